The van der Waals surface area contributed by atoms with Crippen molar-refractivity contribution >= 4 is 24.6 Å². The molecule has 2 rings (SSSR count). The van der Waals surface area contributed by atoms with Gasteiger partial charge in [0.15, 0.2) is 0 Å². The van der Waals surface area contributed by atoms with Gasteiger partial charge in [-0.25, -0.2) is 0 Å². The number of hydrogen-bond donors (Lipinski definition) is 1. The zero-order valence-electron chi connectivity index (χ0n) is 14.3. The number of nitrogens with two attached hydrogens (primary N) is 1. The molecule has 1 aliphatic heterocycles. The number of aldehydes is 1. The molecule has 1 heterocycles. The van der Waals surface area contributed by atoms with Crippen LogP contribution in [-0.4, -0.2) is 24.6 Å². The van der Waals surface area contributed by atoms with Crippen molar-refractivity contribution in [2.45, 2.75) is 52.7 Å². The molecule has 22 heavy (non-hydrogen) atoms. The molecule has 0 spiro atoms. The Bertz CT molecular complexity index is 519. The van der Waals surface area contributed by atoms with Crippen LogP contribution in [0.25, 0.3) is 0 Å². The van der Waals surface area contributed by atoms with Crippen LogP contribution in [0.3, 0.4) is 0 Å². The summed E-state index contributed by atoms with van der Waals surface area (Å²) in [7, 11) is -0.300. The number of allylic oxidation sites excluding steroid dienone is 2. The first-order chi connectivity index (χ1) is 10.1. The molecule has 0 bridgehead atoms. The molecule has 1 saturated heterocycles. The number of carbonyl (C=O) groups is 1. The van der Waals surface area contributed by atoms with Crippen molar-refractivity contribution in [3.05, 3.63) is 35.9 Å². The molecule has 2 N–H and O–H groups in total. The predicted octanol–water partition coefficient (Wildman–Crippen LogP) is 2.72. The third-order valence-electron chi connectivity index (χ3n) is 4.10. The molecule has 120 valence electrons. The maximum absolute atomic E-state index is 9.67. The van der Waals surface area contributed by atoms with Crippen molar-refractivity contribution in [1.82, 2.24) is 0 Å². The normalized spacial score (nSPS) is 19.4. The maximum atomic E-state index is 9.67. The Morgan fingerprint density at radius 3 is 1.86 bits per heavy atom. The van der Waals surface area contributed by atoms with Gasteiger partial charge < -0.3 is 15.0 Å². The second-order valence-electron chi connectivity index (χ2n) is 6.41. The van der Waals surface area contributed by atoms with Gasteiger partial charge in [-0.3, -0.25) is 4.79 Å². The van der Waals surface area contributed by atoms with E-state index < -0.39 is 0 Å². The van der Waals surface area contributed by atoms with Crippen LogP contribution < -0.4 is 11.2 Å². The molecule has 1 aliphatic rings. The van der Waals surface area contributed by atoms with Gasteiger partial charge in [-0.05, 0) is 64.7 Å². The number of anilines is 1. The minimum Gasteiger partial charge on any atom is -0.399 e. The van der Waals surface area contributed by atoms with Gasteiger partial charge in [0.2, 0.25) is 0 Å². The van der Waals surface area contributed by atoms with E-state index >= 15 is 0 Å². The van der Waals surface area contributed by atoms with Gasteiger partial charge >= 0.3 is 7.12 Å². The lowest BCUT2D eigenvalue weighted by atomic mass is 9.79. The quantitative estimate of drug-likeness (QED) is 0.395. The van der Waals surface area contributed by atoms with E-state index in [4.69, 9.17) is 15.0 Å². The van der Waals surface area contributed by atoms with Gasteiger partial charge in [-0.15, -0.1) is 0 Å². The van der Waals surface area contributed by atoms with E-state index in [9.17, 15) is 4.79 Å². The average molecular weight is 303 g/mol. The smallest absolute Gasteiger partial charge is 0.399 e. The highest BCUT2D eigenvalue weighted by atomic mass is 16.7. The van der Waals surface area contributed by atoms with Crippen molar-refractivity contribution in [1.29, 1.82) is 0 Å². The SMILES string of the molecule is C/C=C(\C)C=O.CC1(C)OB(c2ccc(N)cc2)OC1(C)C. The van der Waals surface area contributed by atoms with Crippen LogP contribution in [0.1, 0.15) is 41.5 Å². The Kier molecular flexibility index (Phi) is 5.97. The van der Waals surface area contributed by atoms with Crippen molar-refractivity contribution in [2.75, 3.05) is 5.73 Å². The highest BCUT2D eigenvalue weighted by molar-refractivity contribution is 6.62. The minimum atomic E-state index is -0.300. The van der Waals surface area contributed by atoms with Gasteiger partial charge in [-0.1, -0.05) is 18.2 Å². The van der Waals surface area contributed by atoms with Gasteiger partial charge in [0.25, 0.3) is 0 Å². The molecule has 0 radical (unpaired) electrons. The Balaban J connectivity index is 0.000000346. The summed E-state index contributed by atoms with van der Waals surface area (Å²) in [6, 6.07) is 7.61. The summed E-state index contributed by atoms with van der Waals surface area (Å²) in [5, 5.41) is 0. The summed E-state index contributed by atoms with van der Waals surface area (Å²) >= 11 is 0. The Morgan fingerprint density at radius 2 is 1.55 bits per heavy atom. The van der Waals surface area contributed by atoms with Gasteiger partial charge in [-0.2, -0.15) is 0 Å². The van der Waals surface area contributed by atoms with Crippen LogP contribution in [0.5, 0.6) is 0 Å². The number of carbonyl (C=O) groups excluding carboxylic acids is 1. The molecule has 1 aromatic carbocycles. The molecule has 0 amide bonds. The molecule has 0 aromatic heterocycles. The third-order valence-corrected chi connectivity index (χ3v) is 4.10. The molecular weight excluding hydrogens is 277 g/mol. The first kappa shape index (κ1) is 18.5. The second kappa shape index (κ2) is 7.12. The molecule has 0 aliphatic carbocycles. The van der Waals surface area contributed by atoms with Crippen LogP contribution in [0.2, 0.25) is 0 Å². The second-order valence-corrected chi connectivity index (χ2v) is 6.41. The number of benzene rings is 1. The lowest BCUT2D eigenvalue weighted by Gasteiger charge is -2.32. The summed E-state index contributed by atoms with van der Waals surface area (Å²) in [4.78, 5) is 9.67. The minimum absolute atomic E-state index is 0.293. The predicted molar refractivity (Wildman–Crippen MR) is 92.1 cm³/mol. The zero-order chi connectivity index (χ0) is 17.0. The lowest BCUT2D eigenvalue weighted by Crippen LogP contribution is -2.41. The van der Waals surface area contributed by atoms with E-state index in [-0.39, 0.29) is 18.3 Å². The van der Waals surface area contributed by atoms with Crippen LogP contribution >= 0.6 is 0 Å². The fourth-order valence-corrected chi connectivity index (χ4v) is 1.70. The fraction of sp³-hybridized carbons (Fsp3) is 0.471. The lowest BCUT2D eigenvalue weighted by molar-refractivity contribution is -0.104. The largest absolute Gasteiger partial charge is 0.494 e. The first-order valence-corrected chi connectivity index (χ1v) is 7.42. The molecular formula is C17H26BNO3. The zero-order valence-corrected chi connectivity index (χ0v) is 14.3. The van der Waals surface area contributed by atoms with Crippen molar-refractivity contribution in [3.63, 3.8) is 0 Å². The van der Waals surface area contributed by atoms with Crippen LogP contribution in [0.15, 0.2) is 35.9 Å². The van der Waals surface area contributed by atoms with Gasteiger partial charge in [0, 0.05) is 5.69 Å². The Labute approximate surface area is 133 Å². The Hall–Kier alpha value is -1.59. The summed E-state index contributed by atoms with van der Waals surface area (Å²) < 4.78 is 11.9. The topological polar surface area (TPSA) is 61.5 Å². The van der Waals surface area contributed by atoms with Crippen molar-refractivity contribution < 1.29 is 14.1 Å². The number of rotatable bonds is 2. The monoisotopic (exact) mass is 303 g/mol. The van der Waals surface area contributed by atoms with Gasteiger partial charge in [0.1, 0.15) is 6.29 Å². The van der Waals surface area contributed by atoms with Crippen molar-refractivity contribution in [3.8, 4) is 0 Å². The molecule has 0 atom stereocenters. The third kappa shape index (κ3) is 4.45. The standard InChI is InChI=1S/C12H18BNO2.C5H8O/c1-11(2)12(3,4)16-13(15-11)9-5-7-10(14)8-6-9;1-3-5(2)4-6/h5-8H,14H2,1-4H3;3-4H,1-2H3/b;5-3+. The molecule has 1 fully saturated rings. The Morgan fingerprint density at radius 1 is 1.09 bits per heavy atom. The molecule has 5 heteroatoms. The van der Waals surface area contributed by atoms with Crippen LogP contribution in [0.4, 0.5) is 5.69 Å². The fourth-order valence-electron chi connectivity index (χ4n) is 1.70. The summed E-state index contributed by atoms with van der Waals surface area (Å²) in [6.45, 7) is 11.8. The highest BCUT2D eigenvalue weighted by Crippen LogP contribution is 2.36. The van der Waals surface area contributed by atoms with E-state index in [1.54, 1.807) is 13.0 Å². The van der Waals surface area contributed by atoms with E-state index in [1.807, 2.05) is 58.9 Å². The number of hydrogen-bond acceptors (Lipinski definition) is 4. The molecule has 0 saturated carbocycles. The van der Waals surface area contributed by atoms with E-state index in [0.717, 1.165) is 23.0 Å². The molecule has 0 unspecified atom stereocenters. The van der Waals surface area contributed by atoms with E-state index in [1.165, 1.54) is 0 Å². The summed E-state index contributed by atoms with van der Waals surface area (Å²) in [5.41, 5.74) is 7.61. The highest BCUT2D eigenvalue weighted by Gasteiger charge is 2.51. The van der Waals surface area contributed by atoms with E-state index in [0.29, 0.717) is 0 Å². The van der Waals surface area contributed by atoms with Crippen LogP contribution in [0, 0.1) is 0 Å². The molecule has 1 aromatic rings. The van der Waals surface area contributed by atoms with Crippen LogP contribution in [-0.2, 0) is 14.1 Å². The summed E-state index contributed by atoms with van der Waals surface area (Å²) in [5.74, 6) is 0. The average Bonchev–Trinajstić information content (AvgIpc) is 2.68. The van der Waals surface area contributed by atoms with Crippen molar-refractivity contribution in [2.24, 2.45) is 0 Å². The van der Waals surface area contributed by atoms with Gasteiger partial charge in [0.05, 0.1) is 11.2 Å². The van der Waals surface area contributed by atoms with E-state index in [2.05, 4.69) is 0 Å². The first-order valence-electron chi connectivity index (χ1n) is 7.42. The molecule has 4 nitrogen and oxygen atoms in total. The maximum Gasteiger partial charge on any atom is 0.494 e. The summed E-state index contributed by atoms with van der Waals surface area (Å²) in [6.07, 6.45) is 2.60. The number of nitrogen functional groups attached to an aromatic ring is 1.